The van der Waals surface area contributed by atoms with Gasteiger partial charge in [0.2, 0.25) is 0 Å². The molecule has 1 aliphatic heterocycles. The van der Waals surface area contributed by atoms with Gasteiger partial charge in [-0.1, -0.05) is 18.2 Å². The highest BCUT2D eigenvalue weighted by Crippen LogP contribution is 2.17. The van der Waals surface area contributed by atoms with E-state index >= 15 is 0 Å². The fourth-order valence-electron chi connectivity index (χ4n) is 2.62. The minimum atomic E-state index is -0.395. The molecule has 1 heterocycles. The first kappa shape index (κ1) is 18.7. The van der Waals surface area contributed by atoms with Gasteiger partial charge >= 0.3 is 6.09 Å². The lowest BCUT2D eigenvalue weighted by Gasteiger charge is -2.25. The standard InChI is InChI=1S/C21H21NO5/c1-25-18-8-6-17(7-9-18)20(23)10-5-16-3-2-4-19(15-16)27-21(24)22-11-13-26-14-12-22/h2-10,15H,11-14H2,1H3. The summed E-state index contributed by atoms with van der Waals surface area (Å²) in [7, 11) is 1.58. The van der Waals surface area contributed by atoms with Gasteiger partial charge in [-0.3, -0.25) is 4.79 Å². The van der Waals surface area contributed by atoms with Crippen molar-refractivity contribution in [2.24, 2.45) is 0 Å². The highest BCUT2D eigenvalue weighted by atomic mass is 16.6. The molecule has 140 valence electrons. The van der Waals surface area contributed by atoms with Crippen LogP contribution in [-0.2, 0) is 4.74 Å². The average Bonchev–Trinajstić information content (AvgIpc) is 2.73. The second-order valence-corrected chi connectivity index (χ2v) is 5.97. The summed E-state index contributed by atoms with van der Waals surface area (Å²) in [6.45, 7) is 2.08. The van der Waals surface area contributed by atoms with Crippen molar-refractivity contribution in [2.75, 3.05) is 33.4 Å². The Morgan fingerprint density at radius 2 is 1.78 bits per heavy atom. The summed E-state index contributed by atoms with van der Waals surface area (Å²) >= 11 is 0. The molecule has 6 heteroatoms. The molecule has 2 aromatic rings. The molecule has 0 aromatic heterocycles. The van der Waals surface area contributed by atoms with E-state index in [-0.39, 0.29) is 5.78 Å². The molecule has 1 fully saturated rings. The molecule has 0 N–H and O–H groups in total. The molecule has 0 saturated carbocycles. The van der Waals surface area contributed by atoms with E-state index in [0.717, 1.165) is 5.56 Å². The van der Waals surface area contributed by atoms with E-state index in [1.54, 1.807) is 60.6 Å². The minimum Gasteiger partial charge on any atom is -0.497 e. The highest BCUT2D eigenvalue weighted by Gasteiger charge is 2.18. The van der Waals surface area contributed by atoms with E-state index in [1.807, 2.05) is 6.07 Å². The summed E-state index contributed by atoms with van der Waals surface area (Å²) in [6.07, 6.45) is 2.79. The van der Waals surface area contributed by atoms with Gasteiger partial charge in [-0.15, -0.1) is 0 Å². The molecule has 6 nitrogen and oxygen atoms in total. The number of allylic oxidation sites excluding steroid dienone is 1. The topological polar surface area (TPSA) is 65.1 Å². The number of ether oxygens (including phenoxy) is 3. The van der Waals surface area contributed by atoms with E-state index in [4.69, 9.17) is 14.2 Å². The van der Waals surface area contributed by atoms with Crippen LogP contribution in [0.2, 0.25) is 0 Å². The number of carbonyl (C=O) groups excluding carboxylic acids is 2. The average molecular weight is 367 g/mol. The van der Waals surface area contributed by atoms with E-state index in [0.29, 0.717) is 43.4 Å². The van der Waals surface area contributed by atoms with E-state index in [1.165, 1.54) is 6.08 Å². The maximum atomic E-state index is 12.3. The van der Waals surface area contributed by atoms with E-state index in [9.17, 15) is 9.59 Å². The van der Waals surface area contributed by atoms with Crippen LogP contribution in [-0.4, -0.2) is 50.2 Å². The number of morpholine rings is 1. The summed E-state index contributed by atoms with van der Waals surface area (Å²) in [5, 5.41) is 0. The predicted octanol–water partition coefficient (Wildman–Crippen LogP) is 3.42. The Hall–Kier alpha value is -3.12. The first-order valence-corrected chi connectivity index (χ1v) is 8.67. The fourth-order valence-corrected chi connectivity index (χ4v) is 2.62. The molecule has 27 heavy (non-hydrogen) atoms. The van der Waals surface area contributed by atoms with Crippen LogP contribution in [0.1, 0.15) is 15.9 Å². The quantitative estimate of drug-likeness (QED) is 0.598. The molecular weight excluding hydrogens is 346 g/mol. The van der Waals surface area contributed by atoms with Crippen LogP contribution in [0.25, 0.3) is 6.08 Å². The number of methoxy groups -OCH3 is 1. The second-order valence-electron chi connectivity index (χ2n) is 5.97. The summed E-state index contributed by atoms with van der Waals surface area (Å²) in [6, 6.07) is 14.0. The van der Waals surface area contributed by atoms with Gasteiger partial charge in [-0.25, -0.2) is 4.79 Å². The maximum absolute atomic E-state index is 12.3. The van der Waals surface area contributed by atoms with Crippen molar-refractivity contribution in [2.45, 2.75) is 0 Å². The van der Waals surface area contributed by atoms with Gasteiger partial charge in [0.1, 0.15) is 11.5 Å². The van der Waals surface area contributed by atoms with E-state index in [2.05, 4.69) is 0 Å². The molecule has 0 unspecified atom stereocenters. The number of carbonyl (C=O) groups is 2. The van der Waals surface area contributed by atoms with Crippen LogP contribution in [0, 0.1) is 0 Å². The molecular formula is C21H21NO5. The molecule has 1 amide bonds. The SMILES string of the molecule is COc1ccc(C(=O)C=Cc2cccc(OC(=O)N3CCOCC3)c2)cc1. The minimum absolute atomic E-state index is 0.117. The third kappa shape index (κ3) is 5.18. The number of nitrogens with zero attached hydrogens (tertiary/aromatic N) is 1. The third-order valence-corrected chi connectivity index (χ3v) is 4.13. The molecule has 0 spiro atoms. The Morgan fingerprint density at radius 1 is 1.04 bits per heavy atom. The van der Waals surface area contributed by atoms with Crippen molar-refractivity contribution in [1.82, 2.24) is 4.90 Å². The zero-order valence-electron chi connectivity index (χ0n) is 15.1. The fraction of sp³-hybridized carbons (Fsp3) is 0.238. The molecule has 0 radical (unpaired) electrons. The molecule has 1 saturated heterocycles. The molecule has 0 atom stereocenters. The van der Waals surface area contributed by atoms with Crippen molar-refractivity contribution in [3.63, 3.8) is 0 Å². The van der Waals surface area contributed by atoms with Gasteiger partial charge in [0.05, 0.1) is 20.3 Å². The number of hydrogen-bond acceptors (Lipinski definition) is 5. The molecule has 0 aliphatic carbocycles. The van der Waals surface area contributed by atoms with Gasteiger partial charge in [0, 0.05) is 18.7 Å². The normalized spacial score (nSPS) is 14.2. The Bertz CT molecular complexity index is 823. The molecule has 0 bridgehead atoms. The lowest BCUT2D eigenvalue weighted by Crippen LogP contribution is -2.42. The lowest BCUT2D eigenvalue weighted by molar-refractivity contribution is 0.0416. The van der Waals surface area contributed by atoms with Gasteiger partial charge in [-0.05, 0) is 48.0 Å². The van der Waals surface area contributed by atoms with Crippen LogP contribution < -0.4 is 9.47 Å². The zero-order chi connectivity index (χ0) is 19.1. The summed E-state index contributed by atoms with van der Waals surface area (Å²) < 4.78 is 15.7. The van der Waals surface area contributed by atoms with Crippen LogP contribution >= 0.6 is 0 Å². The van der Waals surface area contributed by atoms with E-state index < -0.39 is 6.09 Å². The molecule has 3 rings (SSSR count). The van der Waals surface area contributed by atoms with Crippen molar-refractivity contribution in [3.05, 3.63) is 65.7 Å². The van der Waals surface area contributed by atoms with Gasteiger partial charge in [0.15, 0.2) is 5.78 Å². The number of benzene rings is 2. The first-order chi connectivity index (χ1) is 13.2. The van der Waals surface area contributed by atoms with Gasteiger partial charge in [0.25, 0.3) is 0 Å². The second kappa shape index (κ2) is 9.00. The Balaban J connectivity index is 1.63. The Labute approximate surface area is 158 Å². The molecule has 1 aliphatic rings. The van der Waals surface area contributed by atoms with Crippen molar-refractivity contribution in [3.8, 4) is 11.5 Å². The lowest BCUT2D eigenvalue weighted by atomic mass is 10.1. The number of rotatable bonds is 5. The largest absolute Gasteiger partial charge is 0.497 e. The first-order valence-electron chi connectivity index (χ1n) is 8.67. The number of amides is 1. The Morgan fingerprint density at radius 3 is 2.48 bits per heavy atom. The van der Waals surface area contributed by atoms with Crippen LogP contribution in [0.3, 0.4) is 0 Å². The van der Waals surface area contributed by atoms with Crippen LogP contribution in [0.5, 0.6) is 11.5 Å². The molecule has 2 aromatic carbocycles. The van der Waals surface area contributed by atoms with Crippen molar-refractivity contribution >= 4 is 18.0 Å². The van der Waals surface area contributed by atoms with Crippen molar-refractivity contribution < 1.29 is 23.8 Å². The highest BCUT2D eigenvalue weighted by molar-refractivity contribution is 6.06. The smallest absolute Gasteiger partial charge is 0.415 e. The monoisotopic (exact) mass is 367 g/mol. The zero-order valence-corrected chi connectivity index (χ0v) is 15.1. The number of ketones is 1. The van der Waals surface area contributed by atoms with Crippen LogP contribution in [0.4, 0.5) is 4.79 Å². The van der Waals surface area contributed by atoms with Crippen molar-refractivity contribution in [1.29, 1.82) is 0 Å². The van der Waals surface area contributed by atoms with Crippen LogP contribution in [0.15, 0.2) is 54.6 Å². The maximum Gasteiger partial charge on any atom is 0.415 e. The predicted molar refractivity (Wildman–Crippen MR) is 101 cm³/mol. The summed E-state index contributed by atoms with van der Waals surface area (Å²) in [5.74, 6) is 1.02. The number of hydrogen-bond donors (Lipinski definition) is 0. The third-order valence-electron chi connectivity index (χ3n) is 4.13. The Kier molecular flexibility index (Phi) is 6.22. The van der Waals surface area contributed by atoms with Gasteiger partial charge < -0.3 is 19.1 Å². The summed E-state index contributed by atoms with van der Waals surface area (Å²) in [4.78, 5) is 26.0. The summed E-state index contributed by atoms with van der Waals surface area (Å²) in [5.41, 5.74) is 1.34. The van der Waals surface area contributed by atoms with Gasteiger partial charge in [-0.2, -0.15) is 0 Å².